The van der Waals surface area contributed by atoms with E-state index in [0.717, 1.165) is 47.6 Å². The van der Waals surface area contributed by atoms with E-state index in [9.17, 15) is 20.3 Å². The molecule has 8 atom stereocenters. The lowest BCUT2D eigenvalue weighted by Crippen LogP contribution is -2.66. The van der Waals surface area contributed by atoms with Crippen LogP contribution in [0, 0.1) is 28.1 Å². The normalized spacial score (nSPS) is 43.2. The molecule has 2 aliphatic heterocycles. The lowest BCUT2D eigenvalue weighted by molar-refractivity contribution is -0.223. The average Bonchev–Trinajstić information content (AvgIpc) is 3.42. The van der Waals surface area contributed by atoms with E-state index in [4.69, 9.17) is 4.74 Å². The Bertz CT molecular complexity index is 1520. The van der Waals surface area contributed by atoms with Crippen LogP contribution in [0.15, 0.2) is 53.0 Å². The Hall–Kier alpha value is -2.76. The van der Waals surface area contributed by atoms with Crippen LogP contribution in [0.2, 0.25) is 0 Å². The Morgan fingerprint density at radius 3 is 2.71 bits per heavy atom. The minimum Gasteiger partial charge on any atom is -0.388 e. The van der Waals surface area contributed by atoms with Gasteiger partial charge in [-0.1, -0.05) is 31.2 Å². The fourth-order valence-electron chi connectivity index (χ4n) is 9.02. The van der Waals surface area contributed by atoms with Crippen LogP contribution in [-0.2, 0) is 4.74 Å². The molecule has 7 rings (SSSR count). The van der Waals surface area contributed by atoms with Gasteiger partial charge in [0.1, 0.15) is 11.5 Å². The highest BCUT2D eigenvalue weighted by Gasteiger charge is 2.74. The number of H-pyrrole nitrogens is 1. The molecule has 3 fully saturated rings. The predicted octanol–water partition coefficient (Wildman–Crippen LogP) is 3.53. The maximum absolute atomic E-state index is 11.8. The van der Waals surface area contributed by atoms with Crippen molar-refractivity contribution < 1.29 is 14.9 Å². The largest absolute Gasteiger partial charge is 0.388 e. The topological polar surface area (TPSA) is 110 Å². The van der Waals surface area contributed by atoms with E-state index >= 15 is 0 Å². The summed E-state index contributed by atoms with van der Waals surface area (Å²) in [5.41, 5.74) is 0.772. The summed E-state index contributed by atoms with van der Waals surface area (Å²) in [6, 6.07) is 10.4. The zero-order valence-electron chi connectivity index (χ0n) is 22.2. The standard InChI is InChI=1S/C31H35N3O4/c1-28-8-9-29(17-32)14-22-26(36)27(37)23(34(2)3)15-30(22)10-11-31(29,38-30)24(28)7-6-21(28)19-5-4-18-13-25(35)33-16-20(18)12-19/h4-6,12-14,16,23-24,26-27,36-37H,7-11,15H2,1-3H3,(H,33,35)/t23-,24?,26+,27+,28+,29?,30+,31-/m0/s1. The molecule has 0 radical (unpaired) electrons. The first kappa shape index (κ1) is 24.3. The summed E-state index contributed by atoms with van der Waals surface area (Å²) >= 11 is 0. The summed E-state index contributed by atoms with van der Waals surface area (Å²) in [5.74, 6) is 0.128. The van der Waals surface area contributed by atoms with Gasteiger partial charge < -0.3 is 24.8 Å². The van der Waals surface area contributed by atoms with Crippen molar-refractivity contribution in [1.82, 2.24) is 9.88 Å². The number of aliphatic hydroxyl groups is 2. The van der Waals surface area contributed by atoms with Crippen molar-refractivity contribution in [1.29, 1.82) is 5.26 Å². The van der Waals surface area contributed by atoms with Gasteiger partial charge in [-0.15, -0.1) is 0 Å². The van der Waals surface area contributed by atoms with Gasteiger partial charge in [-0.25, -0.2) is 0 Å². The molecule has 3 N–H and O–H groups in total. The minimum atomic E-state index is -1.04. The molecule has 0 amide bonds. The first-order chi connectivity index (χ1) is 18.1. The molecule has 2 spiro atoms. The lowest BCUT2D eigenvalue weighted by atomic mass is 9.49. The summed E-state index contributed by atoms with van der Waals surface area (Å²) in [4.78, 5) is 16.6. The van der Waals surface area contributed by atoms with Crippen LogP contribution in [0.3, 0.4) is 0 Å². The van der Waals surface area contributed by atoms with Gasteiger partial charge in [0.25, 0.3) is 0 Å². The van der Waals surface area contributed by atoms with Crippen LogP contribution in [0.1, 0.15) is 51.0 Å². The highest BCUT2D eigenvalue weighted by Crippen LogP contribution is 2.72. The molecule has 3 aliphatic carbocycles. The van der Waals surface area contributed by atoms with E-state index in [-0.39, 0.29) is 22.9 Å². The molecule has 38 heavy (non-hydrogen) atoms. The number of benzene rings is 1. The number of ether oxygens (including phenoxy) is 1. The van der Waals surface area contributed by atoms with Crippen LogP contribution in [0.4, 0.5) is 0 Å². The predicted molar refractivity (Wildman–Crippen MR) is 144 cm³/mol. The van der Waals surface area contributed by atoms with Gasteiger partial charge in [-0.2, -0.15) is 5.26 Å². The van der Waals surface area contributed by atoms with Gasteiger partial charge in [0, 0.05) is 24.2 Å². The van der Waals surface area contributed by atoms with Crippen molar-refractivity contribution in [3.05, 3.63) is 64.1 Å². The maximum Gasteiger partial charge on any atom is 0.248 e. The number of rotatable bonds is 2. The SMILES string of the molecule is CN(C)[C@H]1C[C@@]23CC[C@]4(O2)C2CC=C(c5ccc6cc(=O)[nH]cc6c5)[C@@]2(C)CCC4(C#N)C=C3[C@@H](O)[C@@H]1O. The molecule has 1 saturated heterocycles. The van der Waals surface area contributed by atoms with Gasteiger partial charge in [0.2, 0.25) is 5.56 Å². The summed E-state index contributed by atoms with van der Waals surface area (Å²) in [7, 11) is 3.87. The number of nitrogens with one attached hydrogen (secondary N) is 1. The summed E-state index contributed by atoms with van der Waals surface area (Å²) < 4.78 is 7.26. The van der Waals surface area contributed by atoms with E-state index < -0.39 is 28.8 Å². The zero-order valence-corrected chi connectivity index (χ0v) is 22.2. The number of nitriles is 1. The van der Waals surface area contributed by atoms with Crippen LogP contribution in [0.5, 0.6) is 0 Å². The van der Waals surface area contributed by atoms with Crippen molar-refractivity contribution in [2.45, 2.75) is 74.9 Å². The molecule has 2 bridgehead atoms. The fraction of sp³-hybridized carbons (Fsp3) is 0.548. The number of fused-ring (bicyclic) bond motifs is 2. The molecule has 3 heterocycles. The average molecular weight is 514 g/mol. The fourth-order valence-corrected chi connectivity index (χ4v) is 9.02. The number of likely N-dealkylation sites (N-methyl/N-ethyl adjacent to an activating group) is 1. The Balaban J connectivity index is 1.32. The van der Waals surface area contributed by atoms with E-state index in [1.807, 2.05) is 31.1 Å². The number of pyridine rings is 1. The second kappa shape index (κ2) is 7.67. The minimum absolute atomic E-state index is 0.106. The third kappa shape index (κ3) is 2.84. The van der Waals surface area contributed by atoms with Crippen LogP contribution in [0.25, 0.3) is 16.3 Å². The molecule has 1 aromatic heterocycles. The number of nitrogens with zero attached hydrogens (tertiary/aromatic N) is 2. The molecule has 1 aromatic carbocycles. The monoisotopic (exact) mass is 513 g/mol. The highest BCUT2D eigenvalue weighted by molar-refractivity contribution is 5.87. The molecular weight excluding hydrogens is 478 g/mol. The number of aromatic nitrogens is 1. The Morgan fingerprint density at radius 2 is 1.95 bits per heavy atom. The third-order valence-corrected chi connectivity index (χ3v) is 11.0. The summed E-state index contributed by atoms with van der Waals surface area (Å²) in [5, 5.41) is 34.9. The van der Waals surface area contributed by atoms with E-state index in [1.54, 1.807) is 12.3 Å². The van der Waals surface area contributed by atoms with E-state index in [1.165, 1.54) is 5.57 Å². The van der Waals surface area contributed by atoms with Crippen molar-refractivity contribution in [2.24, 2.45) is 16.7 Å². The quantitative estimate of drug-likeness (QED) is 0.530. The highest BCUT2D eigenvalue weighted by atomic mass is 16.5. The Labute approximate surface area is 222 Å². The van der Waals surface area contributed by atoms with Crippen molar-refractivity contribution in [2.75, 3.05) is 14.1 Å². The summed E-state index contributed by atoms with van der Waals surface area (Å²) in [6.07, 6.45) is 8.65. The number of aromatic amines is 1. The van der Waals surface area contributed by atoms with Crippen LogP contribution in [-0.4, -0.2) is 63.6 Å². The molecule has 198 valence electrons. The van der Waals surface area contributed by atoms with Crippen molar-refractivity contribution in [3.8, 4) is 6.07 Å². The second-order valence-electron chi connectivity index (χ2n) is 12.8. The van der Waals surface area contributed by atoms with Gasteiger partial charge in [-0.05, 0) is 91.6 Å². The van der Waals surface area contributed by atoms with Gasteiger partial charge in [0.15, 0.2) is 0 Å². The molecule has 2 saturated carbocycles. The molecule has 7 heteroatoms. The Kier molecular flexibility index (Phi) is 4.90. The van der Waals surface area contributed by atoms with E-state index in [0.29, 0.717) is 12.8 Å². The summed E-state index contributed by atoms with van der Waals surface area (Å²) in [6.45, 7) is 2.33. The number of aliphatic hydroxyl groups excluding tert-OH is 2. The van der Waals surface area contributed by atoms with Crippen LogP contribution >= 0.6 is 0 Å². The molecule has 2 aromatic rings. The maximum atomic E-state index is 11.8. The second-order valence-corrected chi connectivity index (χ2v) is 12.8. The van der Waals surface area contributed by atoms with E-state index in [2.05, 4.69) is 36.2 Å². The smallest absolute Gasteiger partial charge is 0.248 e. The molecular formula is C31H35N3O4. The van der Waals surface area contributed by atoms with Gasteiger partial charge in [0.05, 0.1) is 23.4 Å². The Morgan fingerprint density at radius 1 is 1.13 bits per heavy atom. The molecule has 5 aliphatic rings. The van der Waals surface area contributed by atoms with Gasteiger partial charge in [-0.3, -0.25) is 4.79 Å². The van der Waals surface area contributed by atoms with Gasteiger partial charge >= 0.3 is 0 Å². The molecule has 7 nitrogen and oxygen atoms in total. The number of allylic oxidation sites excluding steroid dienone is 2. The first-order valence-corrected chi connectivity index (χ1v) is 13.8. The van der Waals surface area contributed by atoms with Crippen molar-refractivity contribution in [3.63, 3.8) is 0 Å². The number of hydrogen-bond acceptors (Lipinski definition) is 6. The molecule has 2 unspecified atom stereocenters. The van der Waals surface area contributed by atoms with Crippen LogP contribution < -0.4 is 5.56 Å². The third-order valence-electron chi connectivity index (χ3n) is 11.0. The zero-order chi connectivity index (χ0) is 26.7. The number of hydrogen-bond donors (Lipinski definition) is 3. The first-order valence-electron chi connectivity index (χ1n) is 13.8. The lowest BCUT2D eigenvalue weighted by Gasteiger charge is -2.61. The van der Waals surface area contributed by atoms with Crippen molar-refractivity contribution >= 4 is 16.3 Å².